The van der Waals surface area contributed by atoms with Gasteiger partial charge in [-0.3, -0.25) is 14.7 Å². The summed E-state index contributed by atoms with van der Waals surface area (Å²) in [6, 6.07) is 13.9. The van der Waals surface area contributed by atoms with E-state index >= 15 is 0 Å². The van der Waals surface area contributed by atoms with Crippen molar-refractivity contribution < 1.29 is 61.3 Å². The second-order valence-electron chi connectivity index (χ2n) is 18.8. The van der Waals surface area contributed by atoms with Crippen LogP contribution >= 0.6 is 135 Å². The monoisotopic (exact) mass is 2000 g/mol. The predicted octanol–water partition coefficient (Wildman–Crippen LogP) is 14.9. The molecule has 2 N–H and O–H groups in total. The summed E-state index contributed by atoms with van der Waals surface area (Å²) in [7, 11) is 4.30. The molecule has 0 unspecified atom stereocenters. The fraction of sp³-hybridized carbons (Fsp3) is 0.444. The Morgan fingerprint density at radius 1 is 0.716 bits per heavy atom. The Balaban J connectivity index is 0.000000392. The van der Waals surface area contributed by atoms with Crippen LogP contribution in [-0.4, -0.2) is 143 Å². The van der Waals surface area contributed by atoms with Gasteiger partial charge in [0.1, 0.15) is 35.8 Å². The zero-order valence-electron chi connectivity index (χ0n) is 49.0. The molecule has 3 aliphatic heterocycles. The van der Waals surface area contributed by atoms with Crippen LogP contribution in [0.3, 0.4) is 0 Å². The van der Waals surface area contributed by atoms with E-state index in [2.05, 4.69) is 190 Å². The molecule has 3 amide bonds. The normalized spacial score (nSPS) is 17.8. The number of benzene rings is 3. The first-order valence-corrected chi connectivity index (χ1v) is 50.8. The van der Waals surface area contributed by atoms with E-state index in [4.69, 9.17) is 24.8 Å². The van der Waals surface area contributed by atoms with E-state index in [1.807, 2.05) is 37.7 Å². The number of hydrogen-bond acceptors (Lipinski definition) is 15. The number of carbonyl (C=O) groups is 3. The average Bonchev–Trinajstić information content (AvgIpc) is 4.34. The number of azide groups is 1. The standard InChI is InChI=1S/C16H20FN5O2.C14H16FN5O3.C14H18FN5O2.C7H8.C2H5I.CH3.ClH.5HI.2V/c1-3-7-20(2)15-5-4-12(9-14(15)17)22-11-13(24-16(22)23)10-21-8-6-18-19-21;15-12-7-10(1-2-13(12)16-4-6-21)20-9-11(23-14(20)22)8-19-5-3-17-18-19;1-3-6-19(2)13-5-4-10(7-12(13)15)20-9-11(8-17-18-16)22-14(20)21;1-2-7-4-3-6(1)5-7;1-2-3;;;;;;;;;/h4-6,8-9,13H,3,7,10-11H2,1-2H3;1-3,5,7,11,16,21H,4,6,8-9H2;4-5,7,11H,3,6,8-9H2,1-2H3;1-4,6-7H,5H2;2H2,1H3;1H3;6*1H;;/q;;;;;-1;;;;;;;+2;+3/p-5/t13-;2*11-;;;;;;;;;;;/m000.........../s1. The third-order valence-corrected chi connectivity index (χ3v) is 12.6. The molecule has 485 valence electrons. The van der Waals surface area contributed by atoms with Gasteiger partial charge >= 0.3 is 133 Å². The number of allylic oxidation sites excluding steroid dienone is 4. The molecule has 0 saturated carbocycles. The van der Waals surface area contributed by atoms with Crippen LogP contribution in [0, 0.1) is 36.7 Å². The van der Waals surface area contributed by atoms with Gasteiger partial charge in [-0.1, -0.05) is 83.2 Å². The minimum absolute atomic E-state index is 0. The van der Waals surface area contributed by atoms with Gasteiger partial charge in [-0.25, -0.2) is 36.9 Å². The quantitative estimate of drug-likeness (QED) is 0.0121. The number of alkyl halides is 1. The molecule has 3 saturated heterocycles. The van der Waals surface area contributed by atoms with Gasteiger partial charge in [-0.05, 0) is 95.7 Å². The first-order chi connectivity index (χ1) is 41.3. The molecule has 2 bridgehead atoms. The Morgan fingerprint density at radius 3 is 1.41 bits per heavy atom. The van der Waals surface area contributed by atoms with Crippen molar-refractivity contribution in [3.63, 3.8) is 0 Å². The Kier molecular flexibility index (Phi) is 41.7. The van der Waals surface area contributed by atoms with E-state index in [1.165, 1.54) is 49.8 Å². The summed E-state index contributed by atoms with van der Waals surface area (Å²) >= 11 is 14.4. The molecule has 3 atom stereocenters. The number of aliphatic hydroxyl groups excluding tert-OH is 1. The van der Waals surface area contributed by atoms with Crippen LogP contribution in [0.15, 0.2) is 109 Å². The second-order valence-corrected chi connectivity index (χ2v) is 67.5. The fourth-order valence-corrected chi connectivity index (χ4v) is 8.88. The van der Waals surface area contributed by atoms with Crippen LogP contribution in [0.4, 0.5) is 61.7 Å². The van der Waals surface area contributed by atoms with Crippen molar-refractivity contribution in [3.8, 4) is 0 Å². The number of amides is 3. The van der Waals surface area contributed by atoms with Crippen LogP contribution in [0.2, 0.25) is 0 Å². The molecule has 5 aliphatic rings. The third-order valence-electron chi connectivity index (χ3n) is 12.6. The van der Waals surface area contributed by atoms with Crippen LogP contribution in [0.25, 0.3) is 10.4 Å². The first-order valence-electron chi connectivity index (χ1n) is 26.7. The molecule has 2 aliphatic carbocycles. The number of aromatic nitrogens is 6. The number of rotatable bonds is 18. The van der Waals surface area contributed by atoms with Gasteiger partial charge in [0.15, 0.2) is 0 Å². The number of aliphatic hydroxyl groups is 1. The molecule has 22 nitrogen and oxygen atoms in total. The molecule has 0 radical (unpaired) electrons. The third kappa shape index (κ3) is 28.0. The van der Waals surface area contributed by atoms with Gasteiger partial charge in [0.05, 0.1) is 92.4 Å². The number of hydrogen-bond donors (Lipinski definition) is 2. The van der Waals surface area contributed by atoms with E-state index in [9.17, 15) is 27.6 Å². The zero-order chi connectivity index (χ0) is 63.1. The Morgan fingerprint density at radius 2 is 1.09 bits per heavy atom. The van der Waals surface area contributed by atoms with E-state index in [0.717, 1.165) is 37.8 Å². The number of nitrogens with one attached hydrogen (secondary N) is 1. The molecular weight excluding hydrogens is 1930 g/mol. The summed E-state index contributed by atoms with van der Waals surface area (Å²) in [6.45, 7) is 9.61. The van der Waals surface area contributed by atoms with Crippen LogP contribution in [0.1, 0.15) is 40.0 Å². The molecule has 88 heavy (non-hydrogen) atoms. The number of nitrogens with zero attached hydrogens (tertiary/aromatic N) is 14. The first kappa shape index (κ1) is 81.6. The zero-order valence-corrected chi connectivity index (χ0v) is 65.5. The molecule has 3 fully saturated rings. The van der Waals surface area contributed by atoms with Crippen molar-refractivity contribution in [1.29, 1.82) is 0 Å². The van der Waals surface area contributed by atoms with Crippen molar-refractivity contribution in [3.05, 3.63) is 139 Å². The van der Waals surface area contributed by atoms with Crippen molar-refractivity contribution in [2.75, 3.05) is 101 Å². The summed E-state index contributed by atoms with van der Waals surface area (Å²) in [5.41, 5.74) is 10.9. The Hall–Kier alpha value is -2.47. The van der Waals surface area contributed by atoms with E-state index in [1.54, 1.807) is 64.5 Å². The molecular formula is C54H71ClF3I6N15O7V2-. The maximum atomic E-state index is 14.4. The number of cyclic esters (lactones) is 3. The fourth-order valence-electron chi connectivity index (χ4n) is 8.88. The molecule has 5 heterocycles. The van der Waals surface area contributed by atoms with Crippen molar-refractivity contribution in [2.45, 2.75) is 71.4 Å². The van der Waals surface area contributed by atoms with Crippen molar-refractivity contribution in [2.24, 2.45) is 17.0 Å². The number of fused-ring (bicyclic) bond motifs is 2. The molecule has 3 aromatic carbocycles. The number of anilines is 6. The minimum atomic E-state index is -0.563. The van der Waals surface area contributed by atoms with Gasteiger partial charge in [-0.15, -0.1) is 22.6 Å². The maximum absolute atomic E-state index is 14.4. The molecule has 0 spiro atoms. The second kappa shape index (κ2) is 45.0. The summed E-state index contributed by atoms with van der Waals surface area (Å²) in [4.78, 5) is 46.0. The van der Waals surface area contributed by atoms with E-state index < -0.39 is 30.2 Å². The van der Waals surface area contributed by atoms with Gasteiger partial charge in [0.25, 0.3) is 0 Å². The summed E-state index contributed by atoms with van der Waals surface area (Å²) in [6.07, 6.45) is 16.1. The number of carbonyl (C=O) groups excluding carboxylic acids is 3. The van der Waals surface area contributed by atoms with Gasteiger partial charge in [0.2, 0.25) is 0 Å². The summed E-state index contributed by atoms with van der Waals surface area (Å²) < 4.78 is 62.7. The van der Waals surface area contributed by atoms with E-state index in [-0.39, 0.29) is 80.5 Å². The predicted molar refractivity (Wildman–Crippen MR) is 387 cm³/mol. The topological polar surface area (TPSA) is 238 Å². The van der Waals surface area contributed by atoms with Gasteiger partial charge in [-0.2, -0.15) is 0 Å². The summed E-state index contributed by atoms with van der Waals surface area (Å²) in [5, 5.41) is 30.0. The average molecular weight is 2000 g/mol. The van der Waals surface area contributed by atoms with Crippen LogP contribution in [-0.2, 0) is 41.7 Å². The molecule has 34 heteroatoms. The SMILES string of the molecule is C1=CC2C=CC1C2.CCCN(C)c1ccc(N2C[C@H](CN=[N+]=[N-])OC2=O)cc1F.CCCN(C)c1ccc(N2C[C@H](Cn3ccnn3)OC2=O)cc1F.CCI.Cl.O=C1O[C@@H](Cn2ccnn2)CN1c1ccc(NCCO)c(F)c1.[CH3-].[I][V]([I])[I].[I][V][I]. The summed E-state index contributed by atoms with van der Waals surface area (Å²) in [5.74, 6) is 0.384. The van der Waals surface area contributed by atoms with Crippen molar-refractivity contribution in [1.82, 2.24) is 30.0 Å². The number of ether oxygens (including phenoxy) is 3. The van der Waals surface area contributed by atoms with Gasteiger partial charge in [0, 0.05) is 51.0 Å². The van der Waals surface area contributed by atoms with Crippen molar-refractivity contribution >= 4 is 187 Å². The Labute approximate surface area is 599 Å². The molecule has 5 aromatic rings. The molecule has 10 rings (SSSR count). The van der Waals surface area contributed by atoms with Gasteiger partial charge < -0.3 is 41.9 Å². The molecule has 2 aromatic heterocycles. The van der Waals surface area contributed by atoms with Crippen LogP contribution in [0.5, 0.6) is 0 Å². The number of halogens is 10. The van der Waals surface area contributed by atoms with Crippen LogP contribution < -0.4 is 29.8 Å². The Bertz CT molecular complexity index is 2950. The van der Waals surface area contributed by atoms with E-state index in [0.29, 0.717) is 64.1 Å².